The van der Waals surface area contributed by atoms with Gasteiger partial charge in [0, 0.05) is 10.0 Å². The first-order valence-corrected chi connectivity index (χ1v) is 6.34. The van der Waals surface area contributed by atoms with E-state index in [4.69, 9.17) is 50.1 Å². The van der Waals surface area contributed by atoms with Gasteiger partial charge in [-0.2, -0.15) is 5.10 Å². The second kappa shape index (κ2) is 7.88. The van der Waals surface area contributed by atoms with Gasteiger partial charge in [0.15, 0.2) is 0 Å². The highest BCUT2D eigenvalue weighted by atomic mass is 35.5. The van der Waals surface area contributed by atoms with Crippen molar-refractivity contribution in [1.82, 2.24) is 14.8 Å². The molecule has 1 aromatic heterocycles. The van der Waals surface area contributed by atoms with Crippen LogP contribution in [0.2, 0.25) is 10.0 Å². The van der Waals surface area contributed by atoms with E-state index in [1.165, 1.54) is 6.33 Å². The van der Waals surface area contributed by atoms with Crippen LogP contribution in [-0.4, -0.2) is 25.1 Å². The van der Waals surface area contributed by atoms with Crippen LogP contribution >= 0.6 is 34.8 Å². The standard InChI is InChI=1S/C10H8Cl3N3.HNO3/c11-7-1-2-8(9(12)3-7)10(13)4-16-6-14-5-15-16;2-1(3)4/h1-3,5-6,10H,4H2;(H,2,3,4). The SMILES string of the molecule is Clc1ccc(C(Cl)Cn2cncn2)c(Cl)c1.O=[N+]([O-])O. The molecule has 2 rings (SSSR count). The maximum atomic E-state index is 8.36. The molecule has 0 fully saturated rings. The van der Waals surface area contributed by atoms with Crippen LogP contribution in [0.1, 0.15) is 10.9 Å². The molecule has 0 aliphatic rings. The van der Waals surface area contributed by atoms with Crippen LogP contribution in [0.3, 0.4) is 0 Å². The van der Waals surface area contributed by atoms with Crippen LogP contribution in [-0.2, 0) is 6.54 Å². The molecule has 108 valence electrons. The molecule has 1 unspecified atom stereocenters. The molecule has 2 aromatic rings. The first-order valence-electron chi connectivity index (χ1n) is 5.15. The van der Waals surface area contributed by atoms with Crippen LogP contribution in [0.15, 0.2) is 30.9 Å². The summed E-state index contributed by atoms with van der Waals surface area (Å²) in [5, 5.41) is 18.5. The van der Waals surface area contributed by atoms with Gasteiger partial charge in [-0.15, -0.1) is 21.7 Å². The predicted molar refractivity (Wildman–Crippen MR) is 73.9 cm³/mol. The van der Waals surface area contributed by atoms with Gasteiger partial charge < -0.3 is 5.21 Å². The van der Waals surface area contributed by atoms with Gasteiger partial charge >= 0.3 is 0 Å². The molecular formula is C10H9Cl3N4O3. The summed E-state index contributed by atoms with van der Waals surface area (Å²) in [7, 11) is 0. The van der Waals surface area contributed by atoms with Gasteiger partial charge in [0.2, 0.25) is 0 Å². The Morgan fingerprint density at radius 1 is 1.45 bits per heavy atom. The summed E-state index contributed by atoms with van der Waals surface area (Å²) < 4.78 is 1.66. The molecule has 7 nitrogen and oxygen atoms in total. The summed E-state index contributed by atoms with van der Waals surface area (Å²) in [6.07, 6.45) is 3.08. The Labute approximate surface area is 128 Å². The fraction of sp³-hybridized carbons (Fsp3) is 0.200. The summed E-state index contributed by atoms with van der Waals surface area (Å²) in [6, 6.07) is 5.26. The zero-order valence-corrected chi connectivity index (χ0v) is 12.1. The van der Waals surface area contributed by atoms with E-state index in [2.05, 4.69) is 10.1 Å². The zero-order valence-electron chi connectivity index (χ0n) is 9.86. The first-order chi connectivity index (χ1) is 9.40. The Bertz CT molecular complexity index is 561. The molecule has 0 saturated heterocycles. The van der Waals surface area contributed by atoms with E-state index < -0.39 is 5.09 Å². The molecule has 10 heteroatoms. The van der Waals surface area contributed by atoms with Crippen molar-refractivity contribution in [3.8, 4) is 0 Å². The zero-order chi connectivity index (χ0) is 15.1. The van der Waals surface area contributed by atoms with Gasteiger partial charge in [0.1, 0.15) is 12.7 Å². The Morgan fingerprint density at radius 2 is 2.10 bits per heavy atom. The van der Waals surface area contributed by atoms with Crippen molar-refractivity contribution in [2.45, 2.75) is 11.9 Å². The minimum atomic E-state index is -1.50. The predicted octanol–water partition coefficient (Wildman–Crippen LogP) is 3.22. The lowest BCUT2D eigenvalue weighted by Gasteiger charge is -2.11. The lowest BCUT2D eigenvalue weighted by atomic mass is 10.1. The molecule has 0 amide bonds. The highest BCUT2D eigenvalue weighted by Gasteiger charge is 2.13. The molecule has 20 heavy (non-hydrogen) atoms. The van der Waals surface area contributed by atoms with Gasteiger partial charge in [0.25, 0.3) is 5.09 Å². The second-order valence-electron chi connectivity index (χ2n) is 3.49. The van der Waals surface area contributed by atoms with E-state index in [-0.39, 0.29) is 5.38 Å². The van der Waals surface area contributed by atoms with E-state index >= 15 is 0 Å². The van der Waals surface area contributed by atoms with Crippen molar-refractivity contribution in [2.24, 2.45) is 0 Å². The van der Waals surface area contributed by atoms with Crippen molar-refractivity contribution < 1.29 is 10.3 Å². The second-order valence-corrected chi connectivity index (χ2v) is 4.86. The van der Waals surface area contributed by atoms with Crippen LogP contribution in [0.25, 0.3) is 0 Å². The van der Waals surface area contributed by atoms with E-state index in [1.54, 1.807) is 23.1 Å². The maximum Gasteiger partial charge on any atom is 0.291 e. The molecule has 0 spiro atoms. The van der Waals surface area contributed by atoms with Gasteiger partial charge in [-0.1, -0.05) is 29.3 Å². The molecule has 1 atom stereocenters. The van der Waals surface area contributed by atoms with Gasteiger partial charge in [-0.05, 0) is 17.7 Å². The summed E-state index contributed by atoms with van der Waals surface area (Å²) in [5.41, 5.74) is 0.836. The van der Waals surface area contributed by atoms with Gasteiger partial charge in [0.05, 0.1) is 11.9 Å². The summed E-state index contributed by atoms with van der Waals surface area (Å²) in [6.45, 7) is 0.517. The number of hydrogen-bond acceptors (Lipinski definition) is 4. The molecule has 0 aliphatic carbocycles. The number of nitrogens with zero attached hydrogens (tertiary/aromatic N) is 4. The fourth-order valence-corrected chi connectivity index (χ4v) is 2.27. The van der Waals surface area contributed by atoms with E-state index in [1.807, 2.05) is 6.07 Å². The molecule has 0 aliphatic heterocycles. The minimum Gasteiger partial charge on any atom is -0.328 e. The number of aromatic nitrogens is 3. The summed E-state index contributed by atoms with van der Waals surface area (Å²) >= 11 is 18.1. The third kappa shape index (κ3) is 5.60. The third-order valence-corrected chi connectivity index (χ3v) is 3.05. The first kappa shape index (κ1) is 16.5. The van der Waals surface area contributed by atoms with Crippen molar-refractivity contribution in [1.29, 1.82) is 0 Å². The topological polar surface area (TPSA) is 94.1 Å². The molecule has 0 bridgehead atoms. The number of alkyl halides is 1. The summed E-state index contributed by atoms with van der Waals surface area (Å²) in [5.74, 6) is 0. The summed E-state index contributed by atoms with van der Waals surface area (Å²) in [4.78, 5) is 12.2. The van der Waals surface area contributed by atoms with Crippen LogP contribution in [0.5, 0.6) is 0 Å². The number of rotatable bonds is 3. The monoisotopic (exact) mass is 338 g/mol. The van der Waals surface area contributed by atoms with Gasteiger partial charge in [-0.3, -0.25) is 4.68 Å². The number of benzene rings is 1. The Hall–Kier alpha value is -1.57. The quantitative estimate of drug-likeness (QED) is 0.526. The Kier molecular flexibility index (Phi) is 6.50. The van der Waals surface area contributed by atoms with E-state index in [9.17, 15) is 0 Å². The van der Waals surface area contributed by atoms with Crippen molar-refractivity contribution >= 4 is 34.8 Å². The lowest BCUT2D eigenvalue weighted by Crippen LogP contribution is -2.05. The molecule has 0 radical (unpaired) electrons. The highest BCUT2D eigenvalue weighted by Crippen LogP contribution is 2.30. The van der Waals surface area contributed by atoms with E-state index in [0.717, 1.165) is 5.56 Å². The Balaban J connectivity index is 0.000000444. The van der Waals surface area contributed by atoms with Crippen molar-refractivity contribution in [2.75, 3.05) is 0 Å². The fourth-order valence-electron chi connectivity index (χ4n) is 1.35. The minimum absolute atomic E-state index is 0.258. The molecular weight excluding hydrogens is 330 g/mol. The Morgan fingerprint density at radius 3 is 2.60 bits per heavy atom. The van der Waals surface area contributed by atoms with Crippen molar-refractivity contribution in [3.05, 3.63) is 56.6 Å². The average Bonchev–Trinajstić information content (AvgIpc) is 2.80. The smallest absolute Gasteiger partial charge is 0.291 e. The molecule has 1 heterocycles. The average molecular weight is 340 g/mol. The lowest BCUT2D eigenvalue weighted by molar-refractivity contribution is -0.742. The van der Waals surface area contributed by atoms with Crippen LogP contribution in [0, 0.1) is 10.1 Å². The number of halogens is 3. The van der Waals surface area contributed by atoms with Crippen LogP contribution in [0.4, 0.5) is 0 Å². The molecule has 1 N–H and O–H groups in total. The third-order valence-electron chi connectivity index (χ3n) is 2.11. The van der Waals surface area contributed by atoms with Crippen LogP contribution < -0.4 is 0 Å². The highest BCUT2D eigenvalue weighted by molar-refractivity contribution is 6.35. The van der Waals surface area contributed by atoms with Crippen molar-refractivity contribution in [3.63, 3.8) is 0 Å². The number of hydrogen-bond donors (Lipinski definition) is 1. The molecule has 1 aromatic carbocycles. The largest absolute Gasteiger partial charge is 0.328 e. The maximum absolute atomic E-state index is 8.36. The van der Waals surface area contributed by atoms with Gasteiger partial charge in [-0.25, -0.2) is 4.98 Å². The van der Waals surface area contributed by atoms with E-state index in [0.29, 0.717) is 16.6 Å². The normalized spacial score (nSPS) is 11.3. The molecule has 0 saturated carbocycles.